The summed E-state index contributed by atoms with van der Waals surface area (Å²) in [6, 6.07) is 5.82. The largest absolute Gasteiger partial charge is 0.370 e. The first-order chi connectivity index (χ1) is 11.2. The lowest BCUT2D eigenvalue weighted by Gasteiger charge is -2.35. The summed E-state index contributed by atoms with van der Waals surface area (Å²) in [5, 5.41) is 0.638. The number of nitrogens with one attached hydrogen (secondary N) is 1. The minimum absolute atomic E-state index is 0.280. The molecule has 0 saturated carbocycles. The minimum Gasteiger partial charge on any atom is -0.370 e. The van der Waals surface area contributed by atoms with Crippen molar-refractivity contribution in [2.75, 3.05) is 18.0 Å². The van der Waals surface area contributed by atoms with Crippen LogP contribution in [-0.2, 0) is 6.54 Å². The van der Waals surface area contributed by atoms with Gasteiger partial charge in [-0.25, -0.2) is 4.79 Å². The highest BCUT2D eigenvalue weighted by Crippen LogP contribution is 2.36. The highest BCUT2D eigenvalue weighted by molar-refractivity contribution is 5.91. The molecule has 5 heteroatoms. The average molecular weight is 311 g/mol. The second-order valence-electron chi connectivity index (χ2n) is 6.42. The smallest absolute Gasteiger partial charge is 0.328 e. The van der Waals surface area contributed by atoms with Crippen molar-refractivity contribution in [2.45, 2.75) is 32.7 Å². The molecule has 0 radical (unpaired) electrons. The average Bonchev–Trinajstić information content (AvgIpc) is 3.02. The molecule has 1 atom stereocenters. The van der Waals surface area contributed by atoms with Crippen LogP contribution in [0.1, 0.15) is 26.2 Å². The van der Waals surface area contributed by atoms with Crippen LogP contribution in [-0.4, -0.2) is 22.6 Å². The van der Waals surface area contributed by atoms with Gasteiger partial charge in [0.1, 0.15) is 0 Å². The zero-order valence-corrected chi connectivity index (χ0v) is 13.3. The molecular formula is C18H21N3O2. The standard InChI is InChI=1S/C18H21N3O2/c1-2-21-15-8-4-7-14(16(15)17(22)19-18(21)23)20-10-9-12-5-3-6-13(12)11-20/h4-5,7-8,13H,2-3,6,9-11H2,1H3,(H,19,22,23). The molecule has 1 aromatic carbocycles. The van der Waals surface area contributed by atoms with E-state index in [0.29, 0.717) is 17.8 Å². The fourth-order valence-corrected chi connectivity index (χ4v) is 4.08. The molecule has 1 aromatic heterocycles. The Labute approximate surface area is 134 Å². The number of nitrogens with zero attached hydrogens (tertiary/aromatic N) is 2. The van der Waals surface area contributed by atoms with Gasteiger partial charge in [-0.15, -0.1) is 0 Å². The fraction of sp³-hybridized carbons (Fsp3) is 0.444. The van der Waals surface area contributed by atoms with Gasteiger partial charge in [0.05, 0.1) is 16.6 Å². The van der Waals surface area contributed by atoms with Crippen LogP contribution in [0.25, 0.3) is 10.9 Å². The number of aromatic amines is 1. The van der Waals surface area contributed by atoms with Crippen molar-refractivity contribution < 1.29 is 0 Å². The molecule has 120 valence electrons. The summed E-state index contributed by atoms with van der Waals surface area (Å²) in [5.41, 5.74) is 2.66. The van der Waals surface area contributed by atoms with Crippen LogP contribution in [0.15, 0.2) is 39.4 Å². The summed E-state index contributed by atoms with van der Waals surface area (Å²) >= 11 is 0. The Bertz CT molecular complexity index is 907. The Morgan fingerprint density at radius 2 is 2.17 bits per heavy atom. The van der Waals surface area contributed by atoms with Crippen molar-refractivity contribution >= 4 is 16.6 Å². The van der Waals surface area contributed by atoms with E-state index in [1.807, 2.05) is 25.1 Å². The topological polar surface area (TPSA) is 58.1 Å². The van der Waals surface area contributed by atoms with Gasteiger partial charge in [0.2, 0.25) is 0 Å². The molecule has 1 aliphatic carbocycles. The van der Waals surface area contributed by atoms with Gasteiger partial charge in [0, 0.05) is 19.6 Å². The molecule has 0 bridgehead atoms. The molecule has 1 fully saturated rings. The first kappa shape index (κ1) is 14.3. The lowest BCUT2D eigenvalue weighted by molar-refractivity contribution is 0.522. The van der Waals surface area contributed by atoms with Crippen molar-refractivity contribution in [3.63, 3.8) is 0 Å². The molecule has 2 aromatic rings. The van der Waals surface area contributed by atoms with E-state index in [0.717, 1.165) is 30.7 Å². The maximum absolute atomic E-state index is 12.5. The van der Waals surface area contributed by atoms with E-state index in [1.54, 1.807) is 10.1 Å². The maximum Gasteiger partial charge on any atom is 0.328 e. The van der Waals surface area contributed by atoms with Crippen LogP contribution in [0.3, 0.4) is 0 Å². The second kappa shape index (κ2) is 5.41. The number of aromatic nitrogens is 2. The van der Waals surface area contributed by atoms with Gasteiger partial charge in [-0.1, -0.05) is 17.7 Å². The van der Waals surface area contributed by atoms with E-state index in [9.17, 15) is 9.59 Å². The number of hydrogen-bond donors (Lipinski definition) is 1. The van der Waals surface area contributed by atoms with Gasteiger partial charge in [0.25, 0.3) is 5.56 Å². The second-order valence-corrected chi connectivity index (χ2v) is 6.42. The Balaban J connectivity index is 1.86. The minimum atomic E-state index is -0.332. The van der Waals surface area contributed by atoms with Crippen molar-refractivity contribution in [2.24, 2.45) is 5.92 Å². The monoisotopic (exact) mass is 311 g/mol. The van der Waals surface area contributed by atoms with E-state index in [1.165, 1.54) is 12.8 Å². The predicted molar refractivity (Wildman–Crippen MR) is 92.1 cm³/mol. The van der Waals surface area contributed by atoms with Crippen LogP contribution < -0.4 is 16.1 Å². The van der Waals surface area contributed by atoms with Gasteiger partial charge >= 0.3 is 5.69 Å². The van der Waals surface area contributed by atoms with E-state index >= 15 is 0 Å². The molecule has 23 heavy (non-hydrogen) atoms. The first-order valence-electron chi connectivity index (χ1n) is 8.38. The normalized spacial score (nSPS) is 20.7. The van der Waals surface area contributed by atoms with E-state index in [4.69, 9.17) is 0 Å². The molecule has 5 nitrogen and oxygen atoms in total. The summed E-state index contributed by atoms with van der Waals surface area (Å²) in [7, 11) is 0. The highest BCUT2D eigenvalue weighted by Gasteiger charge is 2.28. The van der Waals surface area contributed by atoms with Crippen LogP contribution >= 0.6 is 0 Å². The van der Waals surface area contributed by atoms with Crippen molar-refractivity contribution in [3.05, 3.63) is 50.7 Å². The predicted octanol–water partition coefficient (Wildman–Crippen LogP) is 2.26. The number of rotatable bonds is 2. The molecule has 2 heterocycles. The number of H-pyrrole nitrogens is 1. The summed E-state index contributed by atoms with van der Waals surface area (Å²) in [6.45, 7) is 4.37. The third-order valence-electron chi connectivity index (χ3n) is 5.22. The first-order valence-corrected chi connectivity index (χ1v) is 8.38. The van der Waals surface area contributed by atoms with E-state index < -0.39 is 0 Å². The highest BCUT2D eigenvalue weighted by atomic mass is 16.2. The van der Waals surface area contributed by atoms with Crippen molar-refractivity contribution in [1.82, 2.24) is 9.55 Å². The number of hydrogen-bond acceptors (Lipinski definition) is 3. The van der Waals surface area contributed by atoms with E-state index in [-0.39, 0.29) is 11.2 Å². The van der Waals surface area contributed by atoms with Crippen LogP contribution in [0.2, 0.25) is 0 Å². The number of fused-ring (bicyclic) bond motifs is 2. The number of benzene rings is 1. The Kier molecular flexibility index (Phi) is 3.36. The molecule has 1 saturated heterocycles. The zero-order chi connectivity index (χ0) is 16.0. The van der Waals surface area contributed by atoms with Gasteiger partial charge < -0.3 is 4.90 Å². The number of aryl methyl sites for hydroxylation is 1. The summed E-state index contributed by atoms with van der Waals surface area (Å²) in [4.78, 5) is 29.2. The van der Waals surface area contributed by atoms with Crippen molar-refractivity contribution in [3.8, 4) is 0 Å². The van der Waals surface area contributed by atoms with E-state index in [2.05, 4.69) is 16.0 Å². The Morgan fingerprint density at radius 3 is 3.00 bits per heavy atom. The molecule has 4 rings (SSSR count). The molecule has 1 aliphatic heterocycles. The molecule has 2 aliphatic rings. The number of allylic oxidation sites excluding steroid dienone is 1. The van der Waals surface area contributed by atoms with Gasteiger partial charge in [-0.3, -0.25) is 14.3 Å². The summed E-state index contributed by atoms with van der Waals surface area (Å²) < 4.78 is 1.63. The molecule has 1 unspecified atom stereocenters. The van der Waals surface area contributed by atoms with Crippen LogP contribution in [0, 0.1) is 5.92 Å². The van der Waals surface area contributed by atoms with Gasteiger partial charge in [-0.2, -0.15) is 0 Å². The molecule has 1 N–H and O–H groups in total. The van der Waals surface area contributed by atoms with Gasteiger partial charge in [0.15, 0.2) is 0 Å². The van der Waals surface area contributed by atoms with Gasteiger partial charge in [-0.05, 0) is 44.2 Å². The molecular weight excluding hydrogens is 290 g/mol. The Hall–Kier alpha value is -2.30. The summed E-state index contributed by atoms with van der Waals surface area (Å²) in [5.74, 6) is 0.621. The third kappa shape index (κ3) is 2.22. The molecule has 0 spiro atoms. The SMILES string of the molecule is CCn1c(=O)[nH]c(=O)c2c(N3CCC4=CCCC4C3)cccc21. The quantitative estimate of drug-likeness (QED) is 0.866. The number of anilines is 1. The van der Waals surface area contributed by atoms with Crippen LogP contribution in [0.4, 0.5) is 5.69 Å². The molecule has 0 amide bonds. The Morgan fingerprint density at radius 1 is 1.30 bits per heavy atom. The number of piperidine rings is 1. The maximum atomic E-state index is 12.5. The van der Waals surface area contributed by atoms with Crippen LogP contribution in [0.5, 0.6) is 0 Å². The lowest BCUT2D eigenvalue weighted by Crippen LogP contribution is -2.37. The summed E-state index contributed by atoms with van der Waals surface area (Å²) in [6.07, 6.45) is 5.85. The third-order valence-corrected chi connectivity index (χ3v) is 5.22. The van der Waals surface area contributed by atoms with Crippen molar-refractivity contribution in [1.29, 1.82) is 0 Å². The zero-order valence-electron chi connectivity index (χ0n) is 13.3. The lowest BCUT2D eigenvalue weighted by atomic mass is 9.93. The fourth-order valence-electron chi connectivity index (χ4n) is 4.08.